The zero-order valence-electron chi connectivity index (χ0n) is 13.7. The highest BCUT2D eigenvalue weighted by atomic mass is 15.3. The lowest BCUT2D eigenvalue weighted by atomic mass is 10.1. The lowest BCUT2D eigenvalue weighted by Gasteiger charge is -2.24. The van der Waals surface area contributed by atoms with Crippen molar-refractivity contribution in [2.24, 2.45) is 0 Å². The summed E-state index contributed by atoms with van der Waals surface area (Å²) in [6.45, 7) is 3.07. The molecule has 6 heteroatoms. The van der Waals surface area contributed by atoms with E-state index in [1.54, 1.807) is 12.4 Å². The first-order chi connectivity index (χ1) is 11.9. The fourth-order valence-electron chi connectivity index (χ4n) is 3.32. The summed E-state index contributed by atoms with van der Waals surface area (Å²) in [5, 5.41) is 0. The molecule has 4 rings (SSSR count). The van der Waals surface area contributed by atoms with Crippen LogP contribution in [0.15, 0.2) is 49.1 Å². The van der Waals surface area contributed by atoms with E-state index in [0.717, 1.165) is 49.1 Å². The minimum Gasteiger partial charge on any atom is -0.332 e. The van der Waals surface area contributed by atoms with Gasteiger partial charge < -0.3 is 4.90 Å². The molecule has 0 amide bonds. The molecular formula is C18H20N6. The minimum absolute atomic E-state index is 0.223. The van der Waals surface area contributed by atoms with Crippen molar-refractivity contribution in [3.8, 4) is 5.82 Å². The van der Waals surface area contributed by atoms with Crippen LogP contribution in [0.5, 0.6) is 0 Å². The zero-order valence-corrected chi connectivity index (χ0v) is 13.7. The number of nitrogens with zero attached hydrogens (tertiary/aromatic N) is 6. The smallest absolute Gasteiger partial charge is 0.225 e. The number of hydrogen-bond donors (Lipinski definition) is 0. The topological polar surface area (TPSA) is 59.7 Å². The van der Waals surface area contributed by atoms with Crippen molar-refractivity contribution in [3.05, 3.63) is 60.6 Å². The number of anilines is 1. The normalized spacial score (nSPS) is 17.4. The highest BCUT2D eigenvalue weighted by Crippen LogP contribution is 2.33. The summed E-state index contributed by atoms with van der Waals surface area (Å²) in [7, 11) is 0. The van der Waals surface area contributed by atoms with Crippen LogP contribution in [0.4, 0.5) is 5.95 Å². The van der Waals surface area contributed by atoms with Crippen LogP contribution in [0.2, 0.25) is 0 Å². The van der Waals surface area contributed by atoms with Gasteiger partial charge in [-0.3, -0.25) is 4.57 Å². The van der Waals surface area contributed by atoms with Crippen molar-refractivity contribution in [1.82, 2.24) is 24.5 Å². The van der Waals surface area contributed by atoms with Gasteiger partial charge in [0.05, 0.1) is 11.7 Å². The predicted molar refractivity (Wildman–Crippen MR) is 92.1 cm³/mol. The summed E-state index contributed by atoms with van der Waals surface area (Å²) in [4.78, 5) is 20.4. The average molecular weight is 320 g/mol. The summed E-state index contributed by atoms with van der Waals surface area (Å²) >= 11 is 0. The summed E-state index contributed by atoms with van der Waals surface area (Å²) in [5.74, 6) is 2.72. The molecule has 1 saturated heterocycles. The van der Waals surface area contributed by atoms with Crippen LogP contribution < -0.4 is 4.90 Å². The first-order valence-electron chi connectivity index (χ1n) is 8.40. The molecule has 1 atom stereocenters. The molecule has 0 spiro atoms. The molecule has 0 aromatic carbocycles. The molecule has 0 radical (unpaired) electrons. The number of imidazole rings is 1. The van der Waals surface area contributed by atoms with E-state index in [2.05, 4.69) is 43.5 Å². The third-order valence-electron chi connectivity index (χ3n) is 4.44. The molecule has 3 aromatic heterocycles. The Morgan fingerprint density at radius 1 is 1.08 bits per heavy atom. The Balaban J connectivity index is 1.68. The van der Waals surface area contributed by atoms with Gasteiger partial charge in [0.2, 0.25) is 5.95 Å². The fraction of sp³-hybridized carbons (Fsp3) is 0.333. The molecule has 24 heavy (non-hydrogen) atoms. The van der Waals surface area contributed by atoms with Gasteiger partial charge in [-0.1, -0.05) is 13.0 Å². The van der Waals surface area contributed by atoms with Gasteiger partial charge in [-0.2, -0.15) is 0 Å². The van der Waals surface area contributed by atoms with Crippen LogP contribution in [0, 0.1) is 0 Å². The highest BCUT2D eigenvalue weighted by Gasteiger charge is 2.29. The van der Waals surface area contributed by atoms with Crippen LogP contribution in [0.25, 0.3) is 5.82 Å². The Labute approximate surface area is 141 Å². The number of hydrogen-bond acceptors (Lipinski definition) is 5. The lowest BCUT2D eigenvalue weighted by molar-refractivity contribution is 0.675. The van der Waals surface area contributed by atoms with E-state index in [4.69, 9.17) is 4.98 Å². The molecule has 1 unspecified atom stereocenters. The summed E-state index contributed by atoms with van der Waals surface area (Å²) in [6, 6.07) is 8.26. The maximum atomic E-state index is 4.91. The molecule has 0 bridgehead atoms. The van der Waals surface area contributed by atoms with E-state index in [-0.39, 0.29) is 6.04 Å². The second kappa shape index (κ2) is 6.39. The molecule has 122 valence electrons. The van der Waals surface area contributed by atoms with E-state index in [0.29, 0.717) is 0 Å². The first-order valence-corrected chi connectivity index (χ1v) is 8.40. The third kappa shape index (κ3) is 2.64. The van der Waals surface area contributed by atoms with Crippen LogP contribution in [0.1, 0.15) is 37.3 Å². The van der Waals surface area contributed by atoms with Crippen LogP contribution in [-0.2, 0) is 6.42 Å². The van der Waals surface area contributed by atoms with Gasteiger partial charge in [0.25, 0.3) is 0 Å². The maximum Gasteiger partial charge on any atom is 0.225 e. The number of pyridine rings is 1. The van der Waals surface area contributed by atoms with Gasteiger partial charge in [-0.15, -0.1) is 0 Å². The van der Waals surface area contributed by atoms with E-state index in [1.165, 1.54) is 0 Å². The summed E-state index contributed by atoms with van der Waals surface area (Å²) in [5.41, 5.74) is 1.06. The number of aromatic nitrogens is 5. The van der Waals surface area contributed by atoms with E-state index in [1.807, 2.05) is 24.5 Å². The molecule has 0 saturated carbocycles. The molecule has 0 N–H and O–H groups in total. The summed E-state index contributed by atoms with van der Waals surface area (Å²) < 4.78 is 2.06. The molecule has 3 aromatic rings. The van der Waals surface area contributed by atoms with Crippen molar-refractivity contribution >= 4 is 5.95 Å². The fourth-order valence-corrected chi connectivity index (χ4v) is 3.32. The highest BCUT2D eigenvalue weighted by molar-refractivity contribution is 5.37. The molecule has 1 fully saturated rings. The average Bonchev–Trinajstić information content (AvgIpc) is 3.31. The molecule has 4 heterocycles. The Bertz CT molecular complexity index is 813. The van der Waals surface area contributed by atoms with Crippen molar-refractivity contribution < 1.29 is 0 Å². The predicted octanol–water partition coefficient (Wildman–Crippen LogP) is 2.96. The van der Waals surface area contributed by atoms with Gasteiger partial charge in [0.1, 0.15) is 11.6 Å². The molecule has 6 nitrogen and oxygen atoms in total. The van der Waals surface area contributed by atoms with Gasteiger partial charge in [-0.25, -0.2) is 19.9 Å². The van der Waals surface area contributed by atoms with Crippen LogP contribution in [0.3, 0.4) is 0 Å². The van der Waals surface area contributed by atoms with Crippen molar-refractivity contribution in [1.29, 1.82) is 0 Å². The van der Waals surface area contributed by atoms with Crippen LogP contribution in [-0.4, -0.2) is 31.0 Å². The van der Waals surface area contributed by atoms with Crippen molar-refractivity contribution in [2.75, 3.05) is 11.4 Å². The monoisotopic (exact) mass is 320 g/mol. The standard InChI is InChI=1S/C18H20N6/c1-2-16-19-11-13-24(16)17-8-3-6-14(22-17)15-7-4-12-23(15)18-20-9-5-10-21-18/h3,5-6,8-11,13,15H,2,4,7,12H2,1H3. The minimum atomic E-state index is 0.223. The van der Waals surface area contributed by atoms with Gasteiger partial charge in [0, 0.05) is 37.8 Å². The Hall–Kier alpha value is -2.76. The Morgan fingerprint density at radius 3 is 2.79 bits per heavy atom. The SMILES string of the molecule is CCc1nccn1-c1cccc(C2CCCN2c2ncccn2)n1. The number of aryl methyl sites for hydroxylation is 1. The quantitative estimate of drug-likeness (QED) is 0.739. The first kappa shape index (κ1) is 14.8. The largest absolute Gasteiger partial charge is 0.332 e. The molecular weight excluding hydrogens is 300 g/mol. The van der Waals surface area contributed by atoms with E-state index >= 15 is 0 Å². The van der Waals surface area contributed by atoms with Crippen molar-refractivity contribution in [2.45, 2.75) is 32.2 Å². The molecule has 1 aliphatic rings. The van der Waals surface area contributed by atoms with Gasteiger partial charge in [0.15, 0.2) is 0 Å². The second-order valence-corrected chi connectivity index (χ2v) is 5.89. The zero-order chi connectivity index (χ0) is 16.4. The van der Waals surface area contributed by atoms with E-state index in [9.17, 15) is 0 Å². The Morgan fingerprint density at radius 2 is 1.96 bits per heavy atom. The van der Waals surface area contributed by atoms with Crippen LogP contribution >= 0.6 is 0 Å². The Kier molecular flexibility index (Phi) is 3.94. The number of rotatable bonds is 4. The van der Waals surface area contributed by atoms with Crippen molar-refractivity contribution in [3.63, 3.8) is 0 Å². The van der Waals surface area contributed by atoms with Gasteiger partial charge >= 0.3 is 0 Å². The third-order valence-corrected chi connectivity index (χ3v) is 4.44. The molecule has 0 aliphatic carbocycles. The second-order valence-electron chi connectivity index (χ2n) is 5.89. The molecule has 1 aliphatic heterocycles. The maximum absolute atomic E-state index is 4.91. The van der Waals surface area contributed by atoms with E-state index < -0.39 is 0 Å². The summed E-state index contributed by atoms with van der Waals surface area (Å²) in [6.07, 6.45) is 10.5. The van der Waals surface area contributed by atoms with Gasteiger partial charge in [-0.05, 0) is 31.0 Å². The lowest BCUT2D eigenvalue weighted by Crippen LogP contribution is -2.25.